The predicted molar refractivity (Wildman–Crippen MR) is 130 cm³/mol. The summed E-state index contributed by atoms with van der Waals surface area (Å²) in [5, 5.41) is 13.5. The highest BCUT2D eigenvalue weighted by Gasteiger charge is 2.23. The van der Waals surface area contributed by atoms with E-state index in [1.54, 1.807) is 19.3 Å². The number of aliphatic carboxylic acids is 1. The molecule has 0 saturated heterocycles. The summed E-state index contributed by atoms with van der Waals surface area (Å²) in [6.07, 6.45) is 1.71. The number of amides is 1. The molecule has 0 aliphatic rings. The summed E-state index contributed by atoms with van der Waals surface area (Å²) in [5.41, 5.74) is 4.24. The van der Waals surface area contributed by atoms with Gasteiger partial charge in [-0.15, -0.1) is 0 Å². The molecule has 0 spiro atoms. The van der Waals surface area contributed by atoms with Gasteiger partial charge in [-0.3, -0.25) is 4.79 Å². The molecule has 0 fully saturated rings. The summed E-state index contributed by atoms with van der Waals surface area (Å²) < 4.78 is 11.3. The van der Waals surface area contributed by atoms with Gasteiger partial charge in [-0.2, -0.15) is 0 Å². The smallest absolute Gasteiger partial charge is 0.340 e. The van der Waals surface area contributed by atoms with Crippen molar-refractivity contribution in [1.29, 1.82) is 0 Å². The van der Waals surface area contributed by atoms with Crippen LogP contribution in [0.1, 0.15) is 37.0 Å². The van der Waals surface area contributed by atoms with Crippen LogP contribution in [0.15, 0.2) is 56.3 Å². The number of hydrogen-bond acceptors (Lipinski definition) is 5. The lowest BCUT2D eigenvalue weighted by atomic mass is 9.98. The Bertz CT molecular complexity index is 1440. The Hall–Kier alpha value is -3.87. The molecule has 2 aromatic carbocycles. The number of carbonyl (C=O) groups excluding carboxylic acids is 1. The molecule has 7 heteroatoms. The third kappa shape index (κ3) is 4.59. The SMILES string of the molecule is Cc1ccc(-c2coc3cc4oc(=O)c(CC(=O)N[C@H](CC(C)C)C(=O)O)c(C)c4cc23)cc1. The summed E-state index contributed by atoms with van der Waals surface area (Å²) in [7, 11) is 0. The monoisotopic (exact) mass is 461 g/mol. The van der Waals surface area contributed by atoms with Crippen molar-refractivity contribution in [3.63, 3.8) is 0 Å². The van der Waals surface area contributed by atoms with Gasteiger partial charge in [0.2, 0.25) is 5.91 Å². The molecule has 2 heterocycles. The largest absolute Gasteiger partial charge is 0.480 e. The molecule has 0 aliphatic heterocycles. The number of carboxylic acid groups (broad SMARTS) is 1. The first kappa shape index (κ1) is 23.3. The highest BCUT2D eigenvalue weighted by molar-refractivity contribution is 6.02. The van der Waals surface area contributed by atoms with Gasteiger partial charge in [0.1, 0.15) is 17.2 Å². The van der Waals surface area contributed by atoms with Crippen LogP contribution in [0.25, 0.3) is 33.1 Å². The van der Waals surface area contributed by atoms with Crippen molar-refractivity contribution in [2.24, 2.45) is 5.92 Å². The Balaban J connectivity index is 1.72. The van der Waals surface area contributed by atoms with Crippen LogP contribution in [0, 0.1) is 19.8 Å². The Morgan fingerprint density at radius 3 is 2.38 bits per heavy atom. The number of rotatable bonds is 7. The second kappa shape index (κ2) is 9.17. The van der Waals surface area contributed by atoms with Crippen molar-refractivity contribution in [3.8, 4) is 11.1 Å². The molecule has 0 unspecified atom stereocenters. The molecule has 0 radical (unpaired) electrons. The van der Waals surface area contributed by atoms with E-state index in [9.17, 15) is 19.5 Å². The van der Waals surface area contributed by atoms with Crippen LogP contribution < -0.4 is 10.9 Å². The molecule has 4 rings (SSSR count). The molecule has 2 aromatic heterocycles. The van der Waals surface area contributed by atoms with Crippen molar-refractivity contribution < 1.29 is 23.5 Å². The average molecular weight is 462 g/mol. The first-order chi connectivity index (χ1) is 16.1. The topological polar surface area (TPSA) is 110 Å². The molecule has 7 nitrogen and oxygen atoms in total. The van der Waals surface area contributed by atoms with E-state index in [-0.39, 0.29) is 17.9 Å². The van der Waals surface area contributed by atoms with E-state index >= 15 is 0 Å². The Morgan fingerprint density at radius 2 is 1.74 bits per heavy atom. The summed E-state index contributed by atoms with van der Waals surface area (Å²) in [6, 6.07) is 10.7. The van der Waals surface area contributed by atoms with Crippen LogP contribution in [0.5, 0.6) is 0 Å². The quantitative estimate of drug-likeness (QED) is 0.376. The highest BCUT2D eigenvalue weighted by atomic mass is 16.4. The van der Waals surface area contributed by atoms with Crippen molar-refractivity contribution in [3.05, 3.63) is 69.8 Å². The molecule has 0 bridgehead atoms. The molecule has 34 heavy (non-hydrogen) atoms. The minimum absolute atomic E-state index is 0.0916. The number of nitrogens with one attached hydrogen (secondary N) is 1. The number of carboxylic acids is 1. The molecular weight excluding hydrogens is 434 g/mol. The van der Waals surface area contributed by atoms with Crippen LogP contribution in [-0.4, -0.2) is 23.0 Å². The molecule has 0 aliphatic carbocycles. The van der Waals surface area contributed by atoms with Crippen molar-refractivity contribution in [1.82, 2.24) is 5.32 Å². The summed E-state index contributed by atoms with van der Waals surface area (Å²) in [5.74, 6) is -1.54. The number of fused-ring (bicyclic) bond motifs is 2. The zero-order valence-corrected chi connectivity index (χ0v) is 19.6. The van der Waals surface area contributed by atoms with Crippen LogP contribution >= 0.6 is 0 Å². The van der Waals surface area contributed by atoms with Gasteiger partial charge >= 0.3 is 11.6 Å². The number of benzene rings is 2. The van der Waals surface area contributed by atoms with E-state index in [1.807, 2.05) is 51.1 Å². The molecule has 1 amide bonds. The third-order valence-corrected chi connectivity index (χ3v) is 6.02. The van der Waals surface area contributed by atoms with E-state index in [4.69, 9.17) is 8.83 Å². The van der Waals surface area contributed by atoms with Crippen molar-refractivity contribution in [2.45, 2.75) is 46.6 Å². The second-order valence-electron chi connectivity index (χ2n) is 9.12. The fraction of sp³-hybridized carbons (Fsp3) is 0.296. The fourth-order valence-corrected chi connectivity index (χ4v) is 4.17. The number of carbonyl (C=O) groups is 2. The zero-order chi connectivity index (χ0) is 24.6. The lowest BCUT2D eigenvalue weighted by molar-refractivity contribution is -0.142. The number of hydrogen-bond donors (Lipinski definition) is 2. The van der Waals surface area contributed by atoms with Crippen LogP contribution in [0.3, 0.4) is 0 Å². The molecule has 0 saturated carbocycles. The van der Waals surface area contributed by atoms with Crippen LogP contribution in [0.4, 0.5) is 0 Å². The maximum atomic E-state index is 12.7. The van der Waals surface area contributed by atoms with Crippen molar-refractivity contribution >= 4 is 33.8 Å². The molecule has 2 N–H and O–H groups in total. The van der Waals surface area contributed by atoms with Crippen molar-refractivity contribution in [2.75, 3.05) is 0 Å². The van der Waals surface area contributed by atoms with Gasteiger partial charge in [0.15, 0.2) is 0 Å². The lowest BCUT2D eigenvalue weighted by Crippen LogP contribution is -2.42. The average Bonchev–Trinajstić information content (AvgIpc) is 3.18. The van der Waals surface area contributed by atoms with E-state index < -0.39 is 23.5 Å². The van der Waals surface area contributed by atoms with Gasteiger partial charge in [0, 0.05) is 22.4 Å². The maximum absolute atomic E-state index is 12.7. The molecule has 1 atom stereocenters. The lowest BCUT2D eigenvalue weighted by Gasteiger charge is -2.16. The van der Waals surface area contributed by atoms with E-state index in [1.165, 1.54) is 0 Å². The molecular formula is C27H27NO6. The summed E-state index contributed by atoms with van der Waals surface area (Å²) in [6.45, 7) is 7.55. The fourth-order valence-electron chi connectivity index (χ4n) is 4.17. The first-order valence-corrected chi connectivity index (χ1v) is 11.2. The first-order valence-electron chi connectivity index (χ1n) is 11.2. The van der Waals surface area contributed by atoms with Crippen LogP contribution in [0.2, 0.25) is 0 Å². The summed E-state index contributed by atoms with van der Waals surface area (Å²) in [4.78, 5) is 36.8. The van der Waals surface area contributed by atoms with Gasteiger partial charge in [0.25, 0.3) is 0 Å². The zero-order valence-electron chi connectivity index (χ0n) is 19.6. The Kier molecular flexibility index (Phi) is 6.28. The normalized spacial score (nSPS) is 12.4. The van der Waals surface area contributed by atoms with Gasteiger partial charge in [-0.25, -0.2) is 9.59 Å². The standard InChI is InChI=1S/C27H27NO6/c1-14(2)9-22(26(30)31)28-25(29)11-19-16(4)18-10-20-21(17-7-5-15(3)6-8-17)13-33-23(20)12-24(18)34-27(19)32/h5-8,10,12-14,22H,9,11H2,1-4H3,(H,28,29)(H,30,31)/t22-/m1/s1. The van der Waals surface area contributed by atoms with Gasteiger partial charge in [0.05, 0.1) is 18.2 Å². The molecule has 176 valence electrons. The van der Waals surface area contributed by atoms with E-state index in [0.717, 1.165) is 22.1 Å². The molecule has 4 aromatic rings. The minimum Gasteiger partial charge on any atom is -0.480 e. The Labute approximate surface area is 196 Å². The van der Waals surface area contributed by atoms with E-state index in [2.05, 4.69) is 5.32 Å². The third-order valence-electron chi connectivity index (χ3n) is 6.02. The van der Waals surface area contributed by atoms with Gasteiger partial charge in [-0.1, -0.05) is 43.7 Å². The van der Waals surface area contributed by atoms with E-state index in [0.29, 0.717) is 28.5 Å². The second-order valence-corrected chi connectivity index (χ2v) is 9.12. The predicted octanol–water partition coefficient (Wildman–Crippen LogP) is 4.98. The van der Waals surface area contributed by atoms with Gasteiger partial charge < -0.3 is 19.3 Å². The van der Waals surface area contributed by atoms with Gasteiger partial charge in [-0.05, 0) is 43.4 Å². The summed E-state index contributed by atoms with van der Waals surface area (Å²) >= 11 is 0. The number of furan rings is 1. The van der Waals surface area contributed by atoms with Crippen LogP contribution in [-0.2, 0) is 16.0 Å². The maximum Gasteiger partial charge on any atom is 0.340 e. The Morgan fingerprint density at radius 1 is 1.03 bits per heavy atom. The number of aryl methyl sites for hydroxylation is 2. The highest BCUT2D eigenvalue weighted by Crippen LogP contribution is 2.34. The minimum atomic E-state index is -1.10.